The van der Waals surface area contributed by atoms with E-state index in [9.17, 15) is 0 Å². The number of hydrogen-bond donors (Lipinski definition) is 0. The maximum atomic E-state index is 5.84. The fourth-order valence-electron chi connectivity index (χ4n) is 2.36. The van der Waals surface area contributed by atoms with E-state index in [1.807, 2.05) is 0 Å². The Morgan fingerprint density at radius 1 is 0.846 bits per heavy atom. The van der Waals surface area contributed by atoms with Crippen molar-refractivity contribution >= 4 is 0 Å². The maximum absolute atomic E-state index is 5.84. The van der Waals surface area contributed by atoms with Crippen molar-refractivity contribution < 1.29 is 14.2 Å². The molecule has 3 nitrogen and oxygen atoms in total. The summed E-state index contributed by atoms with van der Waals surface area (Å²) in [6, 6.07) is 0. The highest BCUT2D eigenvalue weighted by Gasteiger charge is 2.47. The molecule has 0 aromatic carbocycles. The molecule has 0 aromatic rings. The van der Waals surface area contributed by atoms with Gasteiger partial charge < -0.3 is 14.2 Å². The number of hydrogen-bond acceptors (Lipinski definition) is 3. The van der Waals surface area contributed by atoms with Crippen molar-refractivity contribution in [3.63, 3.8) is 0 Å². The maximum Gasteiger partial charge on any atom is 0.168 e. The van der Waals surface area contributed by atoms with Crippen molar-refractivity contribution in [3.8, 4) is 0 Å². The van der Waals surface area contributed by atoms with Gasteiger partial charge in [0.1, 0.15) is 12.2 Å². The summed E-state index contributed by atoms with van der Waals surface area (Å²) in [5, 5.41) is 0. The van der Waals surface area contributed by atoms with Crippen LogP contribution in [0.3, 0.4) is 0 Å². The number of fused-ring (bicyclic) bond motifs is 1. The van der Waals surface area contributed by atoms with E-state index < -0.39 is 0 Å². The van der Waals surface area contributed by atoms with E-state index in [2.05, 4.69) is 0 Å². The average molecular weight is 184 g/mol. The normalized spacial score (nSPS) is 42.5. The fourth-order valence-corrected chi connectivity index (χ4v) is 2.36. The molecule has 3 heteroatoms. The Bertz CT molecular complexity index is 184. The first-order valence-corrected chi connectivity index (χ1v) is 5.31. The van der Waals surface area contributed by atoms with E-state index in [0.717, 1.165) is 26.1 Å². The number of ether oxygens (including phenoxy) is 3. The predicted octanol–water partition coefficient (Wildman–Crippen LogP) is 1.46. The van der Waals surface area contributed by atoms with Gasteiger partial charge in [-0.2, -0.15) is 0 Å². The average Bonchev–Trinajstić information content (AvgIpc) is 2.92. The molecule has 2 atom stereocenters. The Hall–Kier alpha value is -0.120. The minimum Gasteiger partial charge on any atom is -0.365 e. The summed E-state index contributed by atoms with van der Waals surface area (Å²) in [6.07, 6.45) is 6.64. The van der Waals surface area contributed by atoms with Crippen LogP contribution >= 0.6 is 0 Å². The van der Waals surface area contributed by atoms with Gasteiger partial charge in [0.05, 0.1) is 13.2 Å². The first kappa shape index (κ1) is 8.21. The summed E-state index contributed by atoms with van der Waals surface area (Å²) in [7, 11) is 0. The van der Waals surface area contributed by atoms with Crippen LogP contribution in [0.2, 0.25) is 0 Å². The highest BCUT2D eigenvalue weighted by atomic mass is 16.7. The molecule has 13 heavy (non-hydrogen) atoms. The van der Waals surface area contributed by atoms with Gasteiger partial charge in [-0.15, -0.1) is 0 Å². The van der Waals surface area contributed by atoms with Gasteiger partial charge in [0.25, 0.3) is 0 Å². The Labute approximate surface area is 78.3 Å². The first-order chi connectivity index (χ1) is 6.38. The highest BCUT2D eigenvalue weighted by molar-refractivity contribution is 4.90. The van der Waals surface area contributed by atoms with Crippen LogP contribution in [0.25, 0.3) is 0 Å². The van der Waals surface area contributed by atoms with Gasteiger partial charge in [-0.05, 0) is 12.8 Å². The molecule has 0 aromatic heterocycles. The Kier molecular flexibility index (Phi) is 1.86. The van der Waals surface area contributed by atoms with Gasteiger partial charge >= 0.3 is 0 Å². The van der Waals surface area contributed by atoms with Crippen LogP contribution in [-0.4, -0.2) is 31.2 Å². The number of epoxide rings is 1. The van der Waals surface area contributed by atoms with E-state index in [1.54, 1.807) is 0 Å². The number of rotatable bonds is 0. The van der Waals surface area contributed by atoms with Crippen LogP contribution in [0.4, 0.5) is 0 Å². The van der Waals surface area contributed by atoms with Gasteiger partial charge in [0.15, 0.2) is 5.79 Å². The van der Waals surface area contributed by atoms with Crippen LogP contribution in [0.5, 0.6) is 0 Å². The molecular weight excluding hydrogens is 168 g/mol. The smallest absolute Gasteiger partial charge is 0.168 e. The van der Waals surface area contributed by atoms with Crippen molar-refractivity contribution in [1.29, 1.82) is 0 Å². The third-order valence-electron chi connectivity index (χ3n) is 3.32. The lowest BCUT2D eigenvalue weighted by molar-refractivity contribution is -0.251. The van der Waals surface area contributed by atoms with Crippen molar-refractivity contribution in [2.45, 2.75) is 50.1 Å². The SMILES string of the molecule is C1CCC2(CC1)OC[C@@H]1O[C@H]1CO2. The molecule has 0 bridgehead atoms. The third kappa shape index (κ3) is 1.49. The summed E-state index contributed by atoms with van der Waals surface area (Å²) >= 11 is 0. The highest BCUT2D eigenvalue weighted by Crippen LogP contribution is 2.38. The van der Waals surface area contributed by atoms with E-state index in [0.29, 0.717) is 12.2 Å². The minimum absolute atomic E-state index is 0.227. The Morgan fingerprint density at radius 2 is 1.46 bits per heavy atom. The van der Waals surface area contributed by atoms with Crippen molar-refractivity contribution in [2.24, 2.45) is 0 Å². The molecule has 74 valence electrons. The van der Waals surface area contributed by atoms with Gasteiger partial charge in [-0.1, -0.05) is 6.42 Å². The van der Waals surface area contributed by atoms with E-state index in [1.165, 1.54) is 19.3 Å². The fraction of sp³-hybridized carbons (Fsp3) is 1.00. The Morgan fingerprint density at radius 3 is 2.08 bits per heavy atom. The lowest BCUT2D eigenvalue weighted by atomic mass is 9.94. The van der Waals surface area contributed by atoms with E-state index >= 15 is 0 Å². The van der Waals surface area contributed by atoms with Crippen LogP contribution in [0, 0.1) is 0 Å². The molecule has 0 amide bonds. The molecule has 1 aliphatic carbocycles. The molecule has 2 heterocycles. The minimum atomic E-state index is -0.227. The summed E-state index contributed by atoms with van der Waals surface area (Å²) in [5.74, 6) is -0.227. The zero-order valence-electron chi connectivity index (χ0n) is 7.83. The van der Waals surface area contributed by atoms with Crippen molar-refractivity contribution in [1.82, 2.24) is 0 Å². The molecular formula is C10H16O3. The topological polar surface area (TPSA) is 31.0 Å². The van der Waals surface area contributed by atoms with Gasteiger partial charge in [-0.3, -0.25) is 0 Å². The second-order valence-electron chi connectivity index (χ2n) is 4.31. The lowest BCUT2D eigenvalue weighted by Gasteiger charge is -2.35. The van der Waals surface area contributed by atoms with E-state index in [-0.39, 0.29) is 5.79 Å². The molecule has 1 spiro atoms. The van der Waals surface area contributed by atoms with Crippen LogP contribution < -0.4 is 0 Å². The van der Waals surface area contributed by atoms with Crippen molar-refractivity contribution in [3.05, 3.63) is 0 Å². The molecule has 0 radical (unpaired) electrons. The quantitative estimate of drug-likeness (QED) is 0.534. The molecule has 2 aliphatic heterocycles. The summed E-state index contributed by atoms with van der Waals surface area (Å²) in [4.78, 5) is 0. The van der Waals surface area contributed by atoms with Crippen LogP contribution in [-0.2, 0) is 14.2 Å². The predicted molar refractivity (Wildman–Crippen MR) is 46.4 cm³/mol. The van der Waals surface area contributed by atoms with Gasteiger partial charge in [-0.25, -0.2) is 0 Å². The summed E-state index contributed by atoms with van der Waals surface area (Å²) in [6.45, 7) is 1.48. The first-order valence-electron chi connectivity index (χ1n) is 5.31. The molecule has 1 saturated carbocycles. The third-order valence-corrected chi connectivity index (χ3v) is 3.32. The molecule has 3 rings (SSSR count). The standard InChI is InChI=1S/C10H16O3/c1-2-4-10(5-3-1)11-6-8-9(13-8)7-12-10/h8-9H,1-7H2/t8-,9-/m0/s1. The summed E-state index contributed by atoms with van der Waals surface area (Å²) < 4.78 is 17.0. The largest absolute Gasteiger partial charge is 0.365 e. The zero-order chi connectivity index (χ0) is 8.73. The molecule has 0 unspecified atom stereocenters. The van der Waals surface area contributed by atoms with Crippen LogP contribution in [0.1, 0.15) is 32.1 Å². The Balaban J connectivity index is 1.68. The van der Waals surface area contributed by atoms with E-state index in [4.69, 9.17) is 14.2 Å². The zero-order valence-corrected chi connectivity index (χ0v) is 7.83. The molecule has 3 fully saturated rings. The molecule has 2 saturated heterocycles. The van der Waals surface area contributed by atoms with Crippen LogP contribution in [0.15, 0.2) is 0 Å². The summed E-state index contributed by atoms with van der Waals surface area (Å²) in [5.41, 5.74) is 0. The van der Waals surface area contributed by atoms with Crippen molar-refractivity contribution in [2.75, 3.05) is 13.2 Å². The molecule has 0 N–H and O–H groups in total. The molecule has 3 aliphatic rings. The lowest BCUT2D eigenvalue weighted by Crippen LogP contribution is -2.38. The second kappa shape index (κ2) is 2.94. The second-order valence-corrected chi connectivity index (χ2v) is 4.31. The van der Waals surface area contributed by atoms with Gasteiger partial charge in [0.2, 0.25) is 0 Å². The van der Waals surface area contributed by atoms with Gasteiger partial charge in [0, 0.05) is 12.8 Å². The monoisotopic (exact) mass is 184 g/mol.